The first kappa shape index (κ1) is 13.7. The van der Waals surface area contributed by atoms with Crippen molar-refractivity contribution in [2.24, 2.45) is 0 Å². The van der Waals surface area contributed by atoms with Crippen molar-refractivity contribution < 1.29 is 9.59 Å². The Balaban J connectivity index is 2.45. The van der Waals surface area contributed by atoms with Crippen LogP contribution in [0.25, 0.3) is 0 Å². The van der Waals surface area contributed by atoms with Crippen LogP contribution in [0, 0.1) is 0 Å². The van der Waals surface area contributed by atoms with E-state index >= 15 is 0 Å². The molecule has 0 fully saturated rings. The Morgan fingerprint density at radius 1 is 1.30 bits per heavy atom. The van der Waals surface area contributed by atoms with Gasteiger partial charge in [-0.3, -0.25) is 19.4 Å². The number of rotatable bonds is 3. The average Bonchev–Trinajstić information content (AvgIpc) is 2.45. The number of aromatic nitrogens is 4. The predicted molar refractivity (Wildman–Crippen MR) is 70.9 cm³/mol. The summed E-state index contributed by atoms with van der Waals surface area (Å²) in [4.78, 5) is 56.9. The minimum atomic E-state index is -0.832. The van der Waals surface area contributed by atoms with E-state index in [1.807, 2.05) is 4.98 Å². The molecule has 20 heavy (non-hydrogen) atoms. The molecule has 9 nitrogen and oxygen atoms in total. The molecule has 2 rings (SSSR count). The summed E-state index contributed by atoms with van der Waals surface area (Å²) >= 11 is 3.87. The molecular weight excluding hydrogens is 286 g/mol. The highest BCUT2D eigenvalue weighted by Gasteiger charge is 2.22. The van der Waals surface area contributed by atoms with Crippen LogP contribution in [0.3, 0.4) is 0 Å². The number of aldehydes is 1. The molecule has 0 saturated carbocycles. The zero-order chi connectivity index (χ0) is 14.7. The highest BCUT2D eigenvalue weighted by Crippen LogP contribution is 2.13. The zero-order valence-electron chi connectivity index (χ0n) is 9.73. The van der Waals surface area contributed by atoms with Crippen molar-refractivity contribution in [3.63, 3.8) is 0 Å². The van der Waals surface area contributed by atoms with Gasteiger partial charge in [0, 0.05) is 18.6 Å². The lowest BCUT2D eigenvalue weighted by atomic mass is 10.3. The molecule has 0 radical (unpaired) electrons. The molecule has 2 aromatic heterocycles. The summed E-state index contributed by atoms with van der Waals surface area (Å²) in [6.45, 7) is 0. The van der Waals surface area contributed by atoms with Crippen molar-refractivity contribution in [3.05, 3.63) is 50.8 Å². The number of H-pyrrole nitrogens is 2. The van der Waals surface area contributed by atoms with Gasteiger partial charge in [0.25, 0.3) is 11.5 Å². The Hall–Kier alpha value is -2.75. The van der Waals surface area contributed by atoms with Crippen LogP contribution in [0.4, 0.5) is 5.69 Å². The van der Waals surface area contributed by atoms with Gasteiger partial charge in [-0.2, -0.15) is 0 Å². The van der Waals surface area contributed by atoms with Gasteiger partial charge >= 0.3 is 5.69 Å². The lowest BCUT2D eigenvalue weighted by Crippen LogP contribution is -2.32. The van der Waals surface area contributed by atoms with Crippen molar-refractivity contribution >= 4 is 30.7 Å². The molecule has 10 heteroatoms. The number of amides is 1. The van der Waals surface area contributed by atoms with Crippen LogP contribution >= 0.6 is 12.8 Å². The van der Waals surface area contributed by atoms with Crippen molar-refractivity contribution in [3.8, 4) is 0 Å². The number of hydrogen-bond donors (Lipinski definition) is 3. The van der Waals surface area contributed by atoms with Gasteiger partial charge < -0.3 is 4.98 Å². The van der Waals surface area contributed by atoms with E-state index in [4.69, 9.17) is 0 Å². The summed E-state index contributed by atoms with van der Waals surface area (Å²) in [6, 6.07) is 0. The van der Waals surface area contributed by atoms with Crippen LogP contribution < -0.4 is 15.6 Å². The van der Waals surface area contributed by atoms with Crippen molar-refractivity contribution in [1.29, 1.82) is 0 Å². The largest absolute Gasteiger partial charge is 0.325 e. The van der Waals surface area contributed by atoms with Gasteiger partial charge in [0.1, 0.15) is 11.4 Å². The van der Waals surface area contributed by atoms with E-state index in [0.29, 0.717) is 10.6 Å². The Morgan fingerprint density at radius 3 is 2.65 bits per heavy atom. The Bertz CT molecular complexity index is 783. The highest BCUT2D eigenvalue weighted by molar-refractivity contribution is 7.82. The van der Waals surface area contributed by atoms with E-state index < -0.39 is 17.2 Å². The second-order valence-corrected chi connectivity index (χ2v) is 3.88. The smallest absolute Gasteiger partial charge is 0.312 e. The first-order chi connectivity index (χ1) is 9.54. The van der Waals surface area contributed by atoms with Crippen LogP contribution in [0.15, 0.2) is 28.2 Å². The van der Waals surface area contributed by atoms with Crippen LogP contribution in [0.5, 0.6) is 0 Å². The molecule has 2 N–H and O–H groups in total. The quantitative estimate of drug-likeness (QED) is 0.500. The topological polar surface area (TPSA) is 129 Å². The third-order valence-corrected chi connectivity index (χ3v) is 2.66. The maximum atomic E-state index is 12.1. The molecule has 0 spiro atoms. The van der Waals surface area contributed by atoms with Crippen LogP contribution in [0.2, 0.25) is 0 Å². The normalized spacial score (nSPS) is 10.1. The third-order valence-electron chi connectivity index (χ3n) is 2.26. The van der Waals surface area contributed by atoms with Gasteiger partial charge in [0.15, 0.2) is 12.0 Å². The summed E-state index contributed by atoms with van der Waals surface area (Å²) in [5.74, 6) is -0.832. The van der Waals surface area contributed by atoms with Crippen LogP contribution in [-0.4, -0.2) is 32.1 Å². The second-order valence-electron chi connectivity index (χ2n) is 3.48. The van der Waals surface area contributed by atoms with Crippen molar-refractivity contribution in [1.82, 2.24) is 19.9 Å². The van der Waals surface area contributed by atoms with Gasteiger partial charge in [-0.25, -0.2) is 19.1 Å². The maximum absolute atomic E-state index is 12.1. The molecule has 0 bridgehead atoms. The Labute approximate surface area is 116 Å². The molecule has 0 atom stereocenters. The SMILES string of the molecule is O=Cc1nccnc1C(=O)N(S)c1c[nH]c(=O)[nH]c1=O. The third kappa shape index (κ3) is 2.49. The lowest BCUT2D eigenvalue weighted by molar-refractivity contribution is 0.0994. The van der Waals surface area contributed by atoms with Crippen molar-refractivity contribution in [2.75, 3.05) is 4.31 Å². The number of nitrogens with one attached hydrogen (secondary N) is 2. The fraction of sp³-hybridized carbons (Fsp3) is 0. The first-order valence-corrected chi connectivity index (χ1v) is 5.56. The Morgan fingerprint density at radius 2 is 2.00 bits per heavy atom. The van der Waals surface area contributed by atoms with E-state index in [2.05, 4.69) is 27.8 Å². The number of carbonyl (C=O) groups is 2. The number of aromatic amines is 2. The minimum absolute atomic E-state index is 0.183. The van der Waals surface area contributed by atoms with Gasteiger partial charge in [0.2, 0.25) is 0 Å². The van der Waals surface area contributed by atoms with Gasteiger partial charge in [0.05, 0.1) is 0 Å². The summed E-state index contributed by atoms with van der Waals surface area (Å²) in [5, 5.41) is 0. The number of anilines is 1. The van der Waals surface area contributed by atoms with E-state index in [-0.39, 0.29) is 17.1 Å². The van der Waals surface area contributed by atoms with Gasteiger partial charge in [-0.1, -0.05) is 12.8 Å². The molecule has 102 valence electrons. The van der Waals surface area contributed by atoms with Crippen molar-refractivity contribution in [2.45, 2.75) is 0 Å². The summed E-state index contributed by atoms with van der Waals surface area (Å²) in [6.07, 6.45) is 3.84. The zero-order valence-corrected chi connectivity index (χ0v) is 10.6. The first-order valence-electron chi connectivity index (χ1n) is 5.16. The molecule has 0 unspecified atom stereocenters. The molecule has 0 aliphatic heterocycles. The molecule has 0 aliphatic rings. The molecule has 0 saturated heterocycles. The minimum Gasteiger partial charge on any atom is -0.312 e. The van der Waals surface area contributed by atoms with Crippen LogP contribution in [0.1, 0.15) is 21.0 Å². The average molecular weight is 293 g/mol. The predicted octanol–water partition coefficient (Wildman–Crippen LogP) is -0.843. The number of carbonyl (C=O) groups excluding carboxylic acids is 2. The molecule has 0 aromatic carbocycles. The summed E-state index contributed by atoms with van der Waals surface area (Å²) in [5.41, 5.74) is -2.20. The van der Waals surface area contributed by atoms with E-state index in [9.17, 15) is 19.2 Å². The van der Waals surface area contributed by atoms with Gasteiger partial charge in [-0.05, 0) is 0 Å². The van der Waals surface area contributed by atoms with E-state index in [0.717, 1.165) is 6.20 Å². The number of hydrogen-bond acceptors (Lipinski definition) is 7. The second kappa shape index (κ2) is 5.48. The summed E-state index contributed by atoms with van der Waals surface area (Å²) in [7, 11) is 0. The molecule has 2 heterocycles. The molecule has 1 amide bonds. The summed E-state index contributed by atoms with van der Waals surface area (Å²) < 4.78 is 0.659. The fourth-order valence-electron chi connectivity index (χ4n) is 1.37. The van der Waals surface area contributed by atoms with Crippen LogP contribution in [-0.2, 0) is 0 Å². The monoisotopic (exact) mass is 293 g/mol. The molecule has 2 aromatic rings. The maximum Gasteiger partial charge on any atom is 0.325 e. The standard InChI is InChI=1S/C10H7N5O4S/c16-4-5-7(12-2-1-11-5)9(18)15(20)6-3-13-10(19)14-8(6)17/h1-4,20H,(H2,13,14,17,19). The van der Waals surface area contributed by atoms with Gasteiger partial charge in [-0.15, -0.1) is 0 Å². The molecule has 0 aliphatic carbocycles. The van der Waals surface area contributed by atoms with E-state index in [1.54, 1.807) is 0 Å². The van der Waals surface area contributed by atoms with E-state index in [1.165, 1.54) is 12.4 Å². The fourth-order valence-corrected chi connectivity index (χ4v) is 1.61. The number of nitrogens with zero attached hydrogens (tertiary/aromatic N) is 3. The lowest BCUT2D eigenvalue weighted by Gasteiger charge is -2.13. The highest BCUT2D eigenvalue weighted by atomic mass is 32.1. The Kier molecular flexibility index (Phi) is 3.75. The molecular formula is C10H7N5O4S. The number of thiol groups is 1.